The second-order valence-electron chi connectivity index (χ2n) is 5.91. The number of rotatable bonds is 4. The largest absolute Gasteiger partial charge is 0.376 e. The highest BCUT2D eigenvalue weighted by atomic mass is 16.3. The molecule has 0 amide bonds. The predicted molar refractivity (Wildman–Crippen MR) is 94.5 cm³/mol. The fourth-order valence-corrected chi connectivity index (χ4v) is 3.10. The second kappa shape index (κ2) is 6.30. The number of aromatic amines is 1. The predicted octanol–water partition coefficient (Wildman–Crippen LogP) is 3.59. The number of benzene rings is 3. The molecule has 0 aliphatic rings. The SMILES string of the molecule is OC(c1ccccc1)c1[nH]c2ccccc2[n+]1Cc1ccccc1. The van der Waals surface area contributed by atoms with Crippen molar-refractivity contribution in [3.63, 3.8) is 0 Å². The lowest BCUT2D eigenvalue weighted by Gasteiger charge is -2.09. The zero-order valence-electron chi connectivity index (χ0n) is 13.3. The van der Waals surface area contributed by atoms with Crippen molar-refractivity contribution in [2.75, 3.05) is 0 Å². The highest BCUT2D eigenvalue weighted by Crippen LogP contribution is 2.21. The van der Waals surface area contributed by atoms with Crippen LogP contribution < -0.4 is 4.57 Å². The van der Waals surface area contributed by atoms with Gasteiger partial charge in [-0.15, -0.1) is 0 Å². The molecule has 0 bridgehead atoms. The molecule has 24 heavy (non-hydrogen) atoms. The van der Waals surface area contributed by atoms with Gasteiger partial charge in [-0.3, -0.25) is 0 Å². The third-order valence-corrected chi connectivity index (χ3v) is 4.31. The molecular formula is C21H19N2O+. The molecule has 1 unspecified atom stereocenters. The molecule has 3 nitrogen and oxygen atoms in total. The van der Waals surface area contributed by atoms with Crippen LogP contribution in [0.4, 0.5) is 0 Å². The van der Waals surface area contributed by atoms with Crippen LogP contribution >= 0.6 is 0 Å². The van der Waals surface area contributed by atoms with Gasteiger partial charge in [0.25, 0.3) is 5.82 Å². The number of hydrogen-bond donors (Lipinski definition) is 2. The number of aliphatic hydroxyl groups is 1. The first-order valence-electron chi connectivity index (χ1n) is 8.10. The Labute approximate surface area is 140 Å². The number of fused-ring (bicyclic) bond motifs is 1. The molecule has 0 saturated carbocycles. The molecule has 4 rings (SSSR count). The van der Waals surface area contributed by atoms with Gasteiger partial charge in [-0.2, -0.15) is 0 Å². The normalized spacial score (nSPS) is 12.4. The average molecular weight is 315 g/mol. The van der Waals surface area contributed by atoms with Gasteiger partial charge in [0.05, 0.1) is 0 Å². The van der Waals surface area contributed by atoms with Crippen LogP contribution in [0.5, 0.6) is 0 Å². The van der Waals surface area contributed by atoms with Crippen molar-refractivity contribution in [3.8, 4) is 0 Å². The third kappa shape index (κ3) is 2.70. The quantitative estimate of drug-likeness (QED) is 0.555. The molecule has 4 aromatic rings. The van der Waals surface area contributed by atoms with E-state index in [1.54, 1.807) is 0 Å². The summed E-state index contributed by atoms with van der Waals surface area (Å²) in [4.78, 5) is 3.40. The van der Waals surface area contributed by atoms with Gasteiger partial charge in [0.1, 0.15) is 6.54 Å². The van der Waals surface area contributed by atoms with E-state index in [9.17, 15) is 5.11 Å². The molecule has 2 N–H and O–H groups in total. The van der Waals surface area contributed by atoms with Gasteiger partial charge >= 0.3 is 0 Å². The number of hydrogen-bond acceptors (Lipinski definition) is 1. The summed E-state index contributed by atoms with van der Waals surface area (Å²) in [5.74, 6) is 0.797. The van der Waals surface area contributed by atoms with Gasteiger partial charge in [-0.25, -0.2) is 9.55 Å². The van der Waals surface area contributed by atoms with Crippen LogP contribution in [0.3, 0.4) is 0 Å². The molecule has 0 aliphatic carbocycles. The summed E-state index contributed by atoms with van der Waals surface area (Å²) in [6.07, 6.45) is -0.692. The van der Waals surface area contributed by atoms with Crippen LogP contribution in [0.15, 0.2) is 84.9 Å². The molecule has 1 heterocycles. The minimum atomic E-state index is -0.692. The summed E-state index contributed by atoms with van der Waals surface area (Å²) in [7, 11) is 0. The molecule has 1 atom stereocenters. The maximum absolute atomic E-state index is 10.9. The van der Waals surface area contributed by atoms with E-state index in [2.05, 4.69) is 27.8 Å². The van der Waals surface area contributed by atoms with Crippen molar-refractivity contribution in [2.45, 2.75) is 12.6 Å². The number of imidazole rings is 1. The lowest BCUT2D eigenvalue weighted by Crippen LogP contribution is -2.39. The van der Waals surface area contributed by atoms with Gasteiger partial charge in [0.2, 0.25) is 0 Å². The topological polar surface area (TPSA) is 39.9 Å². The summed E-state index contributed by atoms with van der Waals surface area (Å²) in [5, 5.41) is 10.9. The van der Waals surface area contributed by atoms with Gasteiger partial charge in [-0.05, 0) is 23.3 Å². The Morgan fingerprint density at radius 3 is 2.17 bits per heavy atom. The number of H-pyrrole nitrogens is 1. The van der Waals surface area contributed by atoms with Crippen molar-refractivity contribution >= 4 is 11.0 Å². The van der Waals surface area contributed by atoms with E-state index in [0.717, 1.165) is 22.4 Å². The minimum Gasteiger partial charge on any atom is -0.376 e. The van der Waals surface area contributed by atoms with E-state index >= 15 is 0 Å². The van der Waals surface area contributed by atoms with Crippen molar-refractivity contribution in [3.05, 3.63) is 102 Å². The van der Waals surface area contributed by atoms with Crippen molar-refractivity contribution in [1.29, 1.82) is 0 Å². The highest BCUT2D eigenvalue weighted by molar-refractivity contribution is 5.71. The summed E-state index contributed by atoms with van der Waals surface area (Å²) in [6, 6.07) is 28.2. The smallest absolute Gasteiger partial charge is 0.289 e. The Hall–Kier alpha value is -2.91. The molecule has 118 valence electrons. The van der Waals surface area contributed by atoms with Gasteiger partial charge in [0.15, 0.2) is 17.1 Å². The Bertz CT molecular complexity index is 945. The Morgan fingerprint density at radius 2 is 1.42 bits per heavy atom. The third-order valence-electron chi connectivity index (χ3n) is 4.31. The first-order valence-corrected chi connectivity index (χ1v) is 8.10. The van der Waals surface area contributed by atoms with E-state index < -0.39 is 6.10 Å². The van der Waals surface area contributed by atoms with Crippen LogP contribution in [-0.4, -0.2) is 10.1 Å². The first-order chi connectivity index (χ1) is 11.8. The van der Waals surface area contributed by atoms with Gasteiger partial charge in [0, 0.05) is 0 Å². The molecule has 3 heteroatoms. The van der Waals surface area contributed by atoms with Gasteiger partial charge in [-0.1, -0.05) is 72.8 Å². The van der Waals surface area contributed by atoms with Crippen LogP contribution in [0.1, 0.15) is 23.1 Å². The summed E-state index contributed by atoms with van der Waals surface area (Å²) >= 11 is 0. The molecule has 0 spiro atoms. The van der Waals surface area contributed by atoms with E-state index in [4.69, 9.17) is 0 Å². The average Bonchev–Trinajstić information content (AvgIpc) is 3.01. The summed E-state index contributed by atoms with van der Waals surface area (Å²) in [6.45, 7) is 0.712. The zero-order valence-corrected chi connectivity index (χ0v) is 13.3. The van der Waals surface area contributed by atoms with E-state index in [1.807, 2.05) is 66.7 Å². The monoisotopic (exact) mass is 315 g/mol. The first kappa shape index (κ1) is 14.7. The Balaban J connectivity index is 1.84. The summed E-state index contributed by atoms with van der Waals surface area (Å²) < 4.78 is 2.16. The van der Waals surface area contributed by atoms with Gasteiger partial charge < -0.3 is 5.11 Å². The van der Waals surface area contributed by atoms with Crippen LogP contribution in [0.25, 0.3) is 11.0 Å². The molecule has 0 saturated heterocycles. The molecule has 0 fully saturated rings. The van der Waals surface area contributed by atoms with Crippen molar-refractivity contribution in [2.24, 2.45) is 0 Å². The summed E-state index contributed by atoms with van der Waals surface area (Å²) in [5.41, 5.74) is 4.20. The molecule has 1 aromatic heterocycles. The van der Waals surface area contributed by atoms with Crippen LogP contribution in [0, 0.1) is 0 Å². The van der Waals surface area contributed by atoms with Crippen LogP contribution in [-0.2, 0) is 6.54 Å². The van der Waals surface area contributed by atoms with Crippen LogP contribution in [0.2, 0.25) is 0 Å². The number of para-hydroxylation sites is 2. The van der Waals surface area contributed by atoms with E-state index in [0.29, 0.717) is 6.54 Å². The molecular weight excluding hydrogens is 296 g/mol. The number of nitrogens with one attached hydrogen (secondary N) is 1. The lowest BCUT2D eigenvalue weighted by molar-refractivity contribution is -0.673. The zero-order chi connectivity index (χ0) is 16.4. The standard InChI is InChI=1S/C21H18N2O/c24-20(17-11-5-2-6-12-17)21-22-18-13-7-8-14-19(18)23(21)15-16-9-3-1-4-10-16/h1-14,20,24H,15H2/p+1. The number of aliphatic hydroxyl groups excluding tert-OH is 1. The second-order valence-corrected chi connectivity index (χ2v) is 5.91. The van der Waals surface area contributed by atoms with E-state index in [1.165, 1.54) is 5.56 Å². The molecule has 0 radical (unpaired) electrons. The maximum atomic E-state index is 10.9. The Morgan fingerprint density at radius 1 is 0.792 bits per heavy atom. The lowest BCUT2D eigenvalue weighted by atomic mass is 10.1. The highest BCUT2D eigenvalue weighted by Gasteiger charge is 2.26. The molecule has 3 aromatic carbocycles. The minimum absolute atomic E-state index is 0.692. The Kier molecular flexibility index (Phi) is 3.85. The number of nitrogens with zero attached hydrogens (tertiary/aromatic N) is 1. The van der Waals surface area contributed by atoms with E-state index in [-0.39, 0.29) is 0 Å². The maximum Gasteiger partial charge on any atom is 0.289 e. The van der Waals surface area contributed by atoms with Crippen molar-refractivity contribution in [1.82, 2.24) is 4.98 Å². The molecule has 0 aliphatic heterocycles. The van der Waals surface area contributed by atoms with Crippen molar-refractivity contribution < 1.29 is 9.67 Å². The fraction of sp³-hybridized carbons (Fsp3) is 0.0952. The number of aromatic nitrogens is 2. The fourth-order valence-electron chi connectivity index (χ4n) is 3.10.